The third-order valence-corrected chi connectivity index (χ3v) is 4.31. The van der Waals surface area contributed by atoms with Gasteiger partial charge in [-0.25, -0.2) is 13.6 Å². The summed E-state index contributed by atoms with van der Waals surface area (Å²) in [7, 11) is 2.12. The number of nitrogens with zero attached hydrogens (tertiary/aromatic N) is 2. The summed E-state index contributed by atoms with van der Waals surface area (Å²) >= 11 is 0. The van der Waals surface area contributed by atoms with Gasteiger partial charge in [-0.15, -0.1) is 0 Å². The van der Waals surface area contributed by atoms with Gasteiger partial charge in [0.05, 0.1) is 0 Å². The Balaban J connectivity index is 1.58. The molecule has 0 aliphatic carbocycles. The number of piperazine rings is 1. The van der Waals surface area contributed by atoms with Crippen LogP contribution in [0.2, 0.25) is 0 Å². The third kappa shape index (κ3) is 5.24. The quantitative estimate of drug-likeness (QED) is 0.879. The molecule has 0 unspecified atom stereocenters. The number of carbonyl (C=O) groups excluding carboxylic acids is 1. The number of nitrogens with one attached hydrogen (secondary N) is 2. The number of carbonyl (C=O) groups is 1. The van der Waals surface area contributed by atoms with E-state index in [1.54, 1.807) is 6.07 Å². The lowest BCUT2D eigenvalue weighted by atomic mass is 10.1. The van der Waals surface area contributed by atoms with Gasteiger partial charge >= 0.3 is 6.03 Å². The van der Waals surface area contributed by atoms with Crippen molar-refractivity contribution in [2.24, 2.45) is 0 Å². The number of rotatable bonds is 4. The number of anilines is 2. The van der Waals surface area contributed by atoms with Gasteiger partial charge in [0.1, 0.15) is 11.6 Å². The van der Waals surface area contributed by atoms with E-state index < -0.39 is 17.7 Å². The Bertz CT molecular complexity index is 756. The molecule has 2 N–H and O–H groups in total. The summed E-state index contributed by atoms with van der Waals surface area (Å²) < 4.78 is 26.4. The molecule has 2 aromatic carbocycles. The topological polar surface area (TPSA) is 47.6 Å². The number of urea groups is 1. The summed E-state index contributed by atoms with van der Waals surface area (Å²) in [6.07, 6.45) is 0. The fourth-order valence-electron chi connectivity index (χ4n) is 2.93. The van der Waals surface area contributed by atoms with Gasteiger partial charge in [-0.1, -0.05) is 12.1 Å². The summed E-state index contributed by atoms with van der Waals surface area (Å²) in [6.45, 7) is 4.94. The molecule has 1 aliphatic rings. The molecule has 0 atom stereocenters. The molecule has 7 heteroatoms. The van der Waals surface area contributed by atoms with E-state index in [9.17, 15) is 13.6 Å². The Morgan fingerprint density at radius 3 is 2.31 bits per heavy atom. The summed E-state index contributed by atoms with van der Waals surface area (Å²) in [6, 6.07) is 9.91. The second-order valence-electron chi connectivity index (χ2n) is 6.52. The van der Waals surface area contributed by atoms with Gasteiger partial charge in [0.15, 0.2) is 0 Å². The molecule has 3 rings (SSSR count). The SMILES string of the molecule is CN1CCN(Cc2cccc(NC(=O)Nc3cc(F)cc(F)c3)c2)CC1. The first kappa shape index (κ1) is 18.3. The normalized spacial score (nSPS) is 15.7. The zero-order chi connectivity index (χ0) is 18.5. The number of benzene rings is 2. The molecule has 138 valence electrons. The monoisotopic (exact) mass is 360 g/mol. The van der Waals surface area contributed by atoms with E-state index >= 15 is 0 Å². The van der Waals surface area contributed by atoms with Crippen molar-refractivity contribution in [3.63, 3.8) is 0 Å². The Labute approximate surface area is 151 Å². The van der Waals surface area contributed by atoms with Gasteiger partial charge in [-0.2, -0.15) is 0 Å². The van der Waals surface area contributed by atoms with Crippen molar-refractivity contribution in [2.45, 2.75) is 6.54 Å². The van der Waals surface area contributed by atoms with Crippen LogP contribution in [0.5, 0.6) is 0 Å². The molecule has 0 bridgehead atoms. The van der Waals surface area contributed by atoms with Crippen LogP contribution in [-0.2, 0) is 6.54 Å². The number of halogens is 2. The Kier molecular flexibility index (Phi) is 5.80. The van der Waals surface area contributed by atoms with Crippen LogP contribution in [-0.4, -0.2) is 49.1 Å². The van der Waals surface area contributed by atoms with Crippen molar-refractivity contribution < 1.29 is 13.6 Å². The molecule has 1 saturated heterocycles. The number of amides is 2. The number of likely N-dealkylation sites (N-methyl/N-ethyl adjacent to an activating group) is 1. The van der Waals surface area contributed by atoms with Crippen molar-refractivity contribution in [1.82, 2.24) is 9.80 Å². The third-order valence-electron chi connectivity index (χ3n) is 4.31. The lowest BCUT2D eigenvalue weighted by Gasteiger charge is -2.32. The largest absolute Gasteiger partial charge is 0.323 e. The maximum atomic E-state index is 13.2. The van der Waals surface area contributed by atoms with Crippen molar-refractivity contribution in [3.05, 3.63) is 59.7 Å². The van der Waals surface area contributed by atoms with E-state index in [2.05, 4.69) is 27.5 Å². The molecule has 2 amide bonds. The molecule has 26 heavy (non-hydrogen) atoms. The van der Waals surface area contributed by atoms with Crippen LogP contribution < -0.4 is 10.6 Å². The van der Waals surface area contributed by atoms with Crippen LogP contribution in [0.25, 0.3) is 0 Å². The first-order chi connectivity index (χ1) is 12.5. The second kappa shape index (κ2) is 8.25. The van der Waals surface area contributed by atoms with Crippen molar-refractivity contribution in [3.8, 4) is 0 Å². The van der Waals surface area contributed by atoms with Gasteiger partial charge < -0.3 is 15.5 Å². The highest BCUT2D eigenvalue weighted by molar-refractivity contribution is 5.99. The van der Waals surface area contributed by atoms with E-state index in [-0.39, 0.29) is 5.69 Å². The van der Waals surface area contributed by atoms with Gasteiger partial charge in [-0.05, 0) is 36.9 Å². The molecule has 1 aliphatic heterocycles. The standard InChI is InChI=1S/C19H22F2N4O/c1-24-5-7-25(8-6-24)13-14-3-2-4-17(9-14)22-19(26)23-18-11-15(20)10-16(21)12-18/h2-4,9-12H,5-8,13H2,1H3,(H2,22,23,26). The zero-order valence-electron chi connectivity index (χ0n) is 14.6. The van der Waals surface area contributed by atoms with E-state index in [1.165, 1.54) is 0 Å². The minimum Gasteiger partial charge on any atom is -0.308 e. The van der Waals surface area contributed by atoms with Crippen LogP contribution in [0.15, 0.2) is 42.5 Å². The predicted molar refractivity (Wildman–Crippen MR) is 98.2 cm³/mol. The zero-order valence-corrected chi connectivity index (χ0v) is 14.6. The maximum absolute atomic E-state index is 13.2. The summed E-state index contributed by atoms with van der Waals surface area (Å²) in [4.78, 5) is 16.7. The molecule has 0 spiro atoms. The van der Waals surface area contributed by atoms with Gasteiger partial charge in [-0.3, -0.25) is 4.90 Å². The summed E-state index contributed by atoms with van der Waals surface area (Å²) in [5.74, 6) is -1.48. The van der Waals surface area contributed by atoms with Crippen LogP contribution in [0.1, 0.15) is 5.56 Å². The van der Waals surface area contributed by atoms with Gasteiger partial charge in [0.25, 0.3) is 0 Å². The van der Waals surface area contributed by atoms with E-state index in [0.717, 1.165) is 56.5 Å². The predicted octanol–water partition coefficient (Wildman–Crippen LogP) is 3.36. The van der Waals surface area contributed by atoms with E-state index in [1.807, 2.05) is 18.2 Å². The van der Waals surface area contributed by atoms with Crippen molar-refractivity contribution >= 4 is 17.4 Å². The van der Waals surface area contributed by atoms with E-state index in [0.29, 0.717) is 5.69 Å². The van der Waals surface area contributed by atoms with E-state index in [4.69, 9.17) is 0 Å². The Morgan fingerprint density at radius 2 is 1.62 bits per heavy atom. The lowest BCUT2D eigenvalue weighted by Crippen LogP contribution is -2.43. The highest BCUT2D eigenvalue weighted by Crippen LogP contribution is 2.16. The minimum atomic E-state index is -0.741. The Hall–Kier alpha value is -2.51. The van der Waals surface area contributed by atoms with Crippen molar-refractivity contribution in [2.75, 3.05) is 43.9 Å². The van der Waals surface area contributed by atoms with Crippen LogP contribution in [0, 0.1) is 11.6 Å². The molecule has 1 fully saturated rings. The highest BCUT2D eigenvalue weighted by atomic mass is 19.1. The summed E-state index contributed by atoms with van der Waals surface area (Å²) in [5.41, 5.74) is 1.80. The highest BCUT2D eigenvalue weighted by Gasteiger charge is 2.14. The Morgan fingerprint density at radius 1 is 0.962 bits per heavy atom. The molecule has 0 saturated carbocycles. The van der Waals surface area contributed by atoms with Crippen LogP contribution in [0.4, 0.5) is 25.0 Å². The van der Waals surface area contributed by atoms with Crippen molar-refractivity contribution in [1.29, 1.82) is 0 Å². The van der Waals surface area contributed by atoms with Gasteiger partial charge in [0.2, 0.25) is 0 Å². The first-order valence-corrected chi connectivity index (χ1v) is 8.52. The average Bonchev–Trinajstić information content (AvgIpc) is 2.56. The fourth-order valence-corrected chi connectivity index (χ4v) is 2.93. The molecule has 5 nitrogen and oxygen atoms in total. The van der Waals surface area contributed by atoms with Gasteiger partial charge in [0, 0.05) is 50.2 Å². The average molecular weight is 360 g/mol. The molecule has 0 radical (unpaired) electrons. The summed E-state index contributed by atoms with van der Waals surface area (Å²) in [5, 5.41) is 5.12. The first-order valence-electron chi connectivity index (χ1n) is 8.52. The molecule has 1 heterocycles. The lowest BCUT2D eigenvalue weighted by molar-refractivity contribution is 0.148. The minimum absolute atomic E-state index is 0.0635. The number of hydrogen-bond donors (Lipinski definition) is 2. The smallest absolute Gasteiger partial charge is 0.308 e. The molecular formula is C19H22F2N4O. The molecule has 2 aromatic rings. The molecular weight excluding hydrogens is 338 g/mol. The van der Waals surface area contributed by atoms with Crippen LogP contribution >= 0.6 is 0 Å². The van der Waals surface area contributed by atoms with Crippen LogP contribution in [0.3, 0.4) is 0 Å². The molecule has 0 aromatic heterocycles. The number of hydrogen-bond acceptors (Lipinski definition) is 3. The fraction of sp³-hybridized carbons (Fsp3) is 0.316. The maximum Gasteiger partial charge on any atom is 0.323 e. The second-order valence-corrected chi connectivity index (χ2v) is 6.52.